The normalized spacial score (nSPS) is 10.8. The van der Waals surface area contributed by atoms with E-state index < -0.39 is 11.9 Å². The lowest BCUT2D eigenvalue weighted by molar-refractivity contribution is -0.142. The van der Waals surface area contributed by atoms with Crippen LogP contribution in [0.15, 0.2) is 46.4 Å². The number of methoxy groups -OCH3 is 1. The van der Waals surface area contributed by atoms with Gasteiger partial charge in [0, 0.05) is 10.7 Å². The fraction of sp³-hybridized carbons (Fsp3) is 0.105. The van der Waals surface area contributed by atoms with Gasteiger partial charge >= 0.3 is 5.97 Å². The van der Waals surface area contributed by atoms with Crippen LogP contribution >= 0.6 is 50.1 Å². The van der Waals surface area contributed by atoms with Crippen LogP contribution in [0.1, 0.15) is 5.56 Å². The Morgan fingerprint density at radius 2 is 2.11 bits per heavy atom. The third-order valence-electron chi connectivity index (χ3n) is 3.34. The molecule has 0 saturated carbocycles. The molecule has 144 valence electrons. The molecule has 0 fully saturated rings. The molecule has 0 aliphatic rings. The number of nitrogens with zero attached hydrogens (tertiary/aromatic N) is 1. The second-order valence-electron chi connectivity index (χ2n) is 5.31. The summed E-state index contributed by atoms with van der Waals surface area (Å²) in [6, 6.07) is 11.9. The summed E-state index contributed by atoms with van der Waals surface area (Å²) in [5.74, 6) is -0.594. The van der Waals surface area contributed by atoms with E-state index in [2.05, 4.69) is 26.0 Å². The van der Waals surface area contributed by atoms with Crippen molar-refractivity contribution in [3.8, 4) is 11.8 Å². The van der Waals surface area contributed by atoms with Crippen molar-refractivity contribution in [1.29, 1.82) is 5.26 Å². The van der Waals surface area contributed by atoms with Gasteiger partial charge in [-0.3, -0.25) is 4.79 Å². The second kappa shape index (κ2) is 10.5. The number of esters is 1. The zero-order chi connectivity index (χ0) is 20.7. The molecule has 2 rings (SSSR count). The molecule has 0 bridgehead atoms. The van der Waals surface area contributed by atoms with Crippen molar-refractivity contribution in [2.24, 2.45) is 0 Å². The number of carbonyl (C=O) groups is 2. The highest BCUT2D eigenvalue weighted by Crippen LogP contribution is 2.32. The van der Waals surface area contributed by atoms with Gasteiger partial charge in [-0.15, -0.1) is 0 Å². The number of rotatable bonds is 6. The van der Waals surface area contributed by atoms with Gasteiger partial charge in [0.25, 0.3) is 5.91 Å². The van der Waals surface area contributed by atoms with Crippen LogP contribution in [-0.2, 0) is 14.3 Å². The zero-order valence-corrected chi connectivity index (χ0v) is 19.0. The highest BCUT2D eigenvalue weighted by molar-refractivity contribution is 14.1. The maximum atomic E-state index is 12.4. The molecular weight excluding hydrogens is 562 g/mol. The first-order chi connectivity index (χ1) is 13.3. The van der Waals surface area contributed by atoms with Gasteiger partial charge in [0.1, 0.15) is 17.4 Å². The lowest BCUT2D eigenvalue weighted by Crippen LogP contribution is -2.14. The molecule has 2 aromatic rings. The van der Waals surface area contributed by atoms with Crippen LogP contribution < -0.4 is 10.1 Å². The summed E-state index contributed by atoms with van der Waals surface area (Å²) in [6.07, 6.45) is 1.46. The van der Waals surface area contributed by atoms with Crippen LogP contribution in [0, 0.1) is 14.9 Å². The van der Waals surface area contributed by atoms with E-state index in [1.165, 1.54) is 13.2 Å². The van der Waals surface area contributed by atoms with Crippen LogP contribution in [-0.4, -0.2) is 25.6 Å². The first-order valence-corrected chi connectivity index (χ1v) is 9.96. The lowest BCUT2D eigenvalue weighted by atomic mass is 10.1. The van der Waals surface area contributed by atoms with Gasteiger partial charge in [-0.1, -0.05) is 17.7 Å². The Labute approximate surface area is 188 Å². The third kappa shape index (κ3) is 6.22. The van der Waals surface area contributed by atoms with Crippen molar-refractivity contribution in [2.75, 3.05) is 19.0 Å². The summed E-state index contributed by atoms with van der Waals surface area (Å²) < 4.78 is 11.2. The molecule has 0 radical (unpaired) electrons. The van der Waals surface area contributed by atoms with Crippen molar-refractivity contribution < 1.29 is 19.1 Å². The highest BCUT2D eigenvalue weighted by atomic mass is 127. The Morgan fingerprint density at radius 1 is 1.36 bits per heavy atom. The molecule has 0 heterocycles. The fourth-order valence-electron chi connectivity index (χ4n) is 2.07. The predicted octanol–water partition coefficient (Wildman–Crippen LogP) is 4.80. The molecule has 9 heteroatoms. The minimum atomic E-state index is -0.554. The van der Waals surface area contributed by atoms with Crippen molar-refractivity contribution in [2.45, 2.75) is 0 Å². The average molecular weight is 576 g/mol. The number of hydrogen-bond acceptors (Lipinski definition) is 5. The quantitative estimate of drug-likeness (QED) is 0.231. The predicted molar refractivity (Wildman–Crippen MR) is 118 cm³/mol. The largest absolute Gasteiger partial charge is 0.480 e. The zero-order valence-electron chi connectivity index (χ0n) is 14.5. The topological polar surface area (TPSA) is 88.4 Å². The summed E-state index contributed by atoms with van der Waals surface area (Å²) in [6.45, 7) is -0.230. The van der Waals surface area contributed by atoms with Gasteiger partial charge in [0.05, 0.1) is 15.2 Å². The number of amides is 1. The molecule has 0 aromatic heterocycles. The molecule has 0 saturated heterocycles. The van der Waals surface area contributed by atoms with E-state index in [1.54, 1.807) is 36.4 Å². The van der Waals surface area contributed by atoms with Gasteiger partial charge in [-0.2, -0.15) is 5.26 Å². The SMILES string of the molecule is COC(=O)COc1c(Br)cc(/C=C(\C#N)C(=O)Nc2cccc(Cl)c2)cc1I. The maximum Gasteiger partial charge on any atom is 0.343 e. The summed E-state index contributed by atoms with van der Waals surface area (Å²) in [5, 5.41) is 12.5. The number of halogens is 3. The summed E-state index contributed by atoms with van der Waals surface area (Å²) in [4.78, 5) is 23.6. The maximum absolute atomic E-state index is 12.4. The summed E-state index contributed by atoms with van der Waals surface area (Å²) in [7, 11) is 1.28. The van der Waals surface area contributed by atoms with Crippen molar-refractivity contribution in [3.05, 3.63) is 60.6 Å². The van der Waals surface area contributed by atoms with Crippen LogP contribution in [0.4, 0.5) is 5.69 Å². The highest BCUT2D eigenvalue weighted by Gasteiger charge is 2.14. The van der Waals surface area contributed by atoms with E-state index in [-0.39, 0.29) is 12.2 Å². The molecule has 0 aliphatic carbocycles. The van der Waals surface area contributed by atoms with Gasteiger partial charge in [-0.05, 0) is 80.5 Å². The summed E-state index contributed by atoms with van der Waals surface area (Å²) >= 11 is 11.3. The van der Waals surface area contributed by atoms with Crippen LogP contribution in [0.5, 0.6) is 5.75 Å². The van der Waals surface area contributed by atoms with Gasteiger partial charge in [0.2, 0.25) is 0 Å². The molecule has 0 spiro atoms. The Hall–Kier alpha value is -2.09. The van der Waals surface area contributed by atoms with Crippen LogP contribution in [0.25, 0.3) is 6.08 Å². The molecule has 0 aliphatic heterocycles. The van der Waals surface area contributed by atoms with Crippen molar-refractivity contribution in [1.82, 2.24) is 0 Å². The molecule has 0 atom stereocenters. The van der Waals surface area contributed by atoms with Crippen molar-refractivity contribution in [3.63, 3.8) is 0 Å². The number of nitrogens with one attached hydrogen (secondary N) is 1. The molecule has 2 aromatic carbocycles. The van der Waals surface area contributed by atoms with Gasteiger partial charge in [0.15, 0.2) is 6.61 Å². The third-order valence-corrected chi connectivity index (χ3v) is 4.97. The van der Waals surface area contributed by atoms with Gasteiger partial charge < -0.3 is 14.8 Å². The minimum Gasteiger partial charge on any atom is -0.480 e. The molecule has 0 unspecified atom stereocenters. The minimum absolute atomic E-state index is 0.0779. The molecule has 1 N–H and O–H groups in total. The Balaban J connectivity index is 2.22. The number of benzene rings is 2. The average Bonchev–Trinajstić information content (AvgIpc) is 2.65. The van der Waals surface area contributed by atoms with E-state index in [0.717, 1.165) is 0 Å². The summed E-state index contributed by atoms with van der Waals surface area (Å²) in [5.41, 5.74) is 1.02. The number of nitriles is 1. The Morgan fingerprint density at radius 3 is 2.71 bits per heavy atom. The van der Waals surface area contributed by atoms with Crippen LogP contribution in [0.3, 0.4) is 0 Å². The first-order valence-electron chi connectivity index (χ1n) is 7.71. The second-order valence-corrected chi connectivity index (χ2v) is 7.77. The molecule has 28 heavy (non-hydrogen) atoms. The van der Waals surface area contributed by atoms with Crippen LogP contribution in [0.2, 0.25) is 5.02 Å². The molecule has 1 amide bonds. The van der Waals surface area contributed by atoms with E-state index in [9.17, 15) is 14.9 Å². The number of carbonyl (C=O) groups excluding carboxylic acids is 2. The number of anilines is 1. The van der Waals surface area contributed by atoms with Gasteiger partial charge in [-0.25, -0.2) is 4.79 Å². The monoisotopic (exact) mass is 574 g/mol. The van der Waals surface area contributed by atoms with E-state index in [0.29, 0.717) is 30.1 Å². The smallest absolute Gasteiger partial charge is 0.343 e. The number of hydrogen-bond donors (Lipinski definition) is 1. The lowest BCUT2D eigenvalue weighted by Gasteiger charge is -2.10. The van der Waals surface area contributed by atoms with E-state index in [1.807, 2.05) is 28.7 Å². The first kappa shape index (κ1) is 22.2. The van der Waals surface area contributed by atoms with E-state index >= 15 is 0 Å². The van der Waals surface area contributed by atoms with E-state index in [4.69, 9.17) is 16.3 Å². The standard InChI is InChI=1S/C19H13BrClIN2O4/c1-27-17(25)10-28-18-15(20)6-11(7-16(18)22)5-12(9-23)19(26)24-14-4-2-3-13(21)8-14/h2-8H,10H2,1H3,(H,24,26)/b12-5+. The molecule has 6 nitrogen and oxygen atoms in total. The number of ether oxygens (including phenoxy) is 2. The Bertz CT molecular complexity index is 965. The molecular formula is C19H13BrClIN2O4. The fourth-order valence-corrected chi connectivity index (χ4v) is 4.03. The Kier molecular flexibility index (Phi) is 8.29. The van der Waals surface area contributed by atoms with Crippen molar-refractivity contribution >= 4 is 73.8 Å².